The first kappa shape index (κ1) is 24.3. The Labute approximate surface area is 194 Å². The Kier molecular flexibility index (Phi) is 6.21. The van der Waals surface area contributed by atoms with Crippen LogP contribution in [-0.2, 0) is 19.1 Å². The fourth-order valence-electron chi connectivity index (χ4n) is 7.85. The van der Waals surface area contributed by atoms with Crippen molar-refractivity contribution in [1.29, 1.82) is 0 Å². The van der Waals surface area contributed by atoms with E-state index >= 15 is 0 Å². The molecule has 0 amide bonds. The molecule has 7 nitrogen and oxygen atoms in total. The van der Waals surface area contributed by atoms with Gasteiger partial charge in [-0.1, -0.05) is 32.4 Å². The number of allylic oxidation sites excluding steroid dienone is 4. The van der Waals surface area contributed by atoms with Gasteiger partial charge in [-0.15, -0.1) is 0 Å². The van der Waals surface area contributed by atoms with E-state index in [1.165, 1.54) is 0 Å². The number of hydrogen-bond acceptors (Lipinski definition) is 6. The third-order valence-corrected chi connectivity index (χ3v) is 9.41. The number of ether oxygens (including phenoxy) is 1. The molecule has 0 bridgehead atoms. The predicted octanol–water partition coefficient (Wildman–Crippen LogP) is 2.69. The fourth-order valence-corrected chi connectivity index (χ4v) is 7.85. The number of hydrogen-bond donors (Lipinski definition) is 3. The van der Waals surface area contributed by atoms with Gasteiger partial charge in [0.15, 0.2) is 11.6 Å². The molecule has 33 heavy (non-hydrogen) atoms. The smallest absolute Gasteiger partial charge is 0.303 e. The number of aliphatic hydroxyl groups is 2. The normalized spacial score (nSPS) is 44.0. The molecule has 0 heterocycles. The second-order valence-electron chi connectivity index (χ2n) is 11.1. The molecule has 3 N–H and O–H groups in total. The van der Waals surface area contributed by atoms with Gasteiger partial charge in [-0.3, -0.25) is 14.4 Å². The topological polar surface area (TPSA) is 121 Å². The maximum Gasteiger partial charge on any atom is 0.303 e. The number of carboxylic acids is 1. The number of fused-ring (bicyclic) bond motifs is 5. The molecule has 3 saturated carbocycles. The Hall–Kier alpha value is -1.83. The van der Waals surface area contributed by atoms with Crippen molar-refractivity contribution in [2.75, 3.05) is 13.2 Å². The van der Waals surface area contributed by atoms with Gasteiger partial charge in [0.2, 0.25) is 0 Å². The lowest BCUT2D eigenvalue weighted by Gasteiger charge is -2.59. The van der Waals surface area contributed by atoms with E-state index in [1.807, 2.05) is 19.9 Å². The summed E-state index contributed by atoms with van der Waals surface area (Å²) in [6, 6.07) is 0. The zero-order valence-electron chi connectivity index (χ0n) is 19.8. The van der Waals surface area contributed by atoms with E-state index in [4.69, 9.17) is 9.84 Å². The van der Waals surface area contributed by atoms with Gasteiger partial charge in [-0.2, -0.15) is 0 Å². The van der Waals surface area contributed by atoms with Gasteiger partial charge in [-0.25, -0.2) is 0 Å². The van der Waals surface area contributed by atoms with Crippen molar-refractivity contribution in [3.63, 3.8) is 0 Å². The Balaban J connectivity index is 1.56. The first-order chi connectivity index (χ1) is 15.4. The molecule has 0 aromatic heterocycles. The highest BCUT2D eigenvalue weighted by atomic mass is 16.5. The van der Waals surface area contributed by atoms with E-state index in [-0.39, 0.29) is 54.9 Å². The summed E-state index contributed by atoms with van der Waals surface area (Å²) in [6.07, 6.45) is 7.47. The average Bonchev–Trinajstić information content (AvgIpc) is 2.94. The third kappa shape index (κ3) is 3.63. The van der Waals surface area contributed by atoms with Crippen LogP contribution in [0.4, 0.5) is 0 Å². The minimum atomic E-state index is -1.61. The van der Waals surface area contributed by atoms with Gasteiger partial charge in [0.1, 0.15) is 12.2 Å². The summed E-state index contributed by atoms with van der Waals surface area (Å²) in [7, 11) is 0. The van der Waals surface area contributed by atoms with Crippen molar-refractivity contribution in [3.05, 3.63) is 23.8 Å². The van der Waals surface area contributed by atoms with Crippen LogP contribution in [0, 0.1) is 34.5 Å². The average molecular weight is 461 g/mol. The zero-order chi connectivity index (χ0) is 24.2. The molecule has 0 aliphatic heterocycles. The molecular weight excluding hydrogens is 424 g/mol. The highest BCUT2D eigenvalue weighted by Gasteiger charge is 2.70. The van der Waals surface area contributed by atoms with Gasteiger partial charge < -0.3 is 20.1 Å². The lowest BCUT2D eigenvalue weighted by atomic mass is 9.46. The second kappa shape index (κ2) is 8.43. The summed E-state index contributed by atoms with van der Waals surface area (Å²) in [5.74, 6) is -1.42. The SMILES string of the molecule is CC1CC2C3CCC4=CC(=O)C=CC4(C)C3C(O)CC2(C)C1(O)C(=O)COCCCC(=O)O. The predicted molar refractivity (Wildman–Crippen MR) is 120 cm³/mol. The van der Waals surface area contributed by atoms with Gasteiger partial charge in [-0.05, 0) is 62.0 Å². The van der Waals surface area contributed by atoms with Crippen molar-refractivity contribution in [2.45, 2.75) is 71.0 Å². The molecule has 0 aromatic rings. The molecule has 0 aromatic carbocycles. The van der Waals surface area contributed by atoms with Crippen LogP contribution < -0.4 is 0 Å². The lowest BCUT2D eigenvalue weighted by Crippen LogP contribution is -2.62. The Bertz CT molecular complexity index is 906. The van der Waals surface area contributed by atoms with E-state index in [0.717, 1.165) is 18.4 Å². The van der Waals surface area contributed by atoms with E-state index in [9.17, 15) is 24.6 Å². The molecule has 4 aliphatic rings. The number of carbonyl (C=O) groups is 3. The molecule has 8 unspecified atom stereocenters. The van der Waals surface area contributed by atoms with Crippen molar-refractivity contribution in [2.24, 2.45) is 34.5 Å². The Morgan fingerprint density at radius 3 is 2.70 bits per heavy atom. The summed E-state index contributed by atoms with van der Waals surface area (Å²) in [5.41, 5.74) is -1.70. The van der Waals surface area contributed by atoms with Crippen molar-refractivity contribution in [3.8, 4) is 0 Å². The van der Waals surface area contributed by atoms with Gasteiger partial charge in [0.25, 0.3) is 0 Å². The lowest BCUT2D eigenvalue weighted by molar-refractivity contribution is -0.184. The van der Waals surface area contributed by atoms with Crippen LogP contribution in [0.1, 0.15) is 59.3 Å². The van der Waals surface area contributed by atoms with Crippen LogP contribution in [0.2, 0.25) is 0 Å². The largest absolute Gasteiger partial charge is 0.481 e. The number of ketones is 2. The Morgan fingerprint density at radius 2 is 2.00 bits per heavy atom. The van der Waals surface area contributed by atoms with Crippen LogP contribution in [-0.4, -0.2) is 57.8 Å². The van der Waals surface area contributed by atoms with Crippen LogP contribution >= 0.6 is 0 Å². The molecular formula is C26H36O7. The standard InChI is InChI=1S/C26H36O7/c1-15-11-19-18-7-6-16-12-17(27)8-9-24(16,2)23(18)20(28)13-25(19,3)26(15,32)21(29)14-33-10-4-5-22(30)31/h8-9,12,15,18-20,23,28,32H,4-7,10-11,13-14H2,1-3H3,(H,30,31). The number of rotatable bonds is 7. The Morgan fingerprint density at radius 1 is 1.27 bits per heavy atom. The summed E-state index contributed by atoms with van der Waals surface area (Å²) in [4.78, 5) is 35.9. The van der Waals surface area contributed by atoms with Crippen LogP contribution in [0.15, 0.2) is 23.8 Å². The minimum absolute atomic E-state index is 0.00567. The first-order valence-corrected chi connectivity index (χ1v) is 12.1. The molecule has 0 spiro atoms. The number of carbonyl (C=O) groups excluding carboxylic acids is 2. The summed E-state index contributed by atoms with van der Waals surface area (Å²) >= 11 is 0. The van der Waals surface area contributed by atoms with Gasteiger partial charge in [0, 0.05) is 29.8 Å². The maximum absolute atomic E-state index is 13.3. The highest BCUT2D eigenvalue weighted by Crippen LogP contribution is 2.68. The molecule has 7 heteroatoms. The maximum atomic E-state index is 13.3. The second-order valence-corrected chi connectivity index (χ2v) is 11.1. The number of aliphatic hydroxyl groups excluding tert-OH is 1. The van der Waals surface area contributed by atoms with Crippen LogP contribution in [0.25, 0.3) is 0 Å². The van der Waals surface area contributed by atoms with Crippen molar-refractivity contribution in [1.82, 2.24) is 0 Å². The van der Waals surface area contributed by atoms with E-state index < -0.39 is 28.5 Å². The molecule has 4 aliphatic carbocycles. The number of carboxylic acid groups (broad SMARTS) is 1. The van der Waals surface area contributed by atoms with Crippen LogP contribution in [0.3, 0.4) is 0 Å². The van der Waals surface area contributed by atoms with Gasteiger partial charge in [0.05, 0.1) is 6.10 Å². The molecule has 4 rings (SSSR count). The highest BCUT2D eigenvalue weighted by molar-refractivity contribution is 6.01. The monoisotopic (exact) mass is 460 g/mol. The van der Waals surface area contributed by atoms with Gasteiger partial charge >= 0.3 is 5.97 Å². The first-order valence-electron chi connectivity index (χ1n) is 12.1. The summed E-state index contributed by atoms with van der Waals surface area (Å²) < 4.78 is 5.44. The van der Waals surface area contributed by atoms with Crippen molar-refractivity contribution < 1.29 is 34.4 Å². The third-order valence-electron chi connectivity index (χ3n) is 9.41. The molecule has 3 fully saturated rings. The molecule has 8 atom stereocenters. The van der Waals surface area contributed by atoms with Crippen molar-refractivity contribution >= 4 is 17.5 Å². The molecule has 0 saturated heterocycles. The number of Topliss-reactive ketones (excluding diaryl/α,β-unsaturated/α-hetero) is 1. The molecule has 182 valence electrons. The van der Waals surface area contributed by atoms with E-state index in [2.05, 4.69) is 6.92 Å². The van der Waals surface area contributed by atoms with E-state index in [0.29, 0.717) is 19.3 Å². The summed E-state index contributed by atoms with van der Waals surface area (Å²) in [6.45, 7) is 5.83. The van der Waals surface area contributed by atoms with E-state index in [1.54, 1.807) is 12.2 Å². The summed E-state index contributed by atoms with van der Waals surface area (Å²) in [5, 5.41) is 32.0. The quantitative estimate of drug-likeness (QED) is 0.500. The zero-order valence-corrected chi connectivity index (χ0v) is 19.8. The fraction of sp³-hybridized carbons (Fsp3) is 0.731. The minimum Gasteiger partial charge on any atom is -0.481 e. The molecule has 0 radical (unpaired) electrons. The van der Waals surface area contributed by atoms with Crippen LogP contribution in [0.5, 0.6) is 0 Å². The number of aliphatic carboxylic acids is 1.